The molecule has 1 aromatic carbocycles. The van der Waals surface area contributed by atoms with Crippen LogP contribution in [0.15, 0.2) is 18.2 Å². The summed E-state index contributed by atoms with van der Waals surface area (Å²) < 4.78 is 17.2. The second-order valence-electron chi connectivity index (χ2n) is 9.09. The SMILES string of the molecule is COc1ccc([C@H]2OCC[C@@]34C[C@@H](C[C@H]23)C(C)(C)[C@@H]4NC(C)=O)cc1OC. The number of rotatable bonds is 4. The first-order chi connectivity index (χ1) is 12.8. The second-order valence-corrected chi connectivity index (χ2v) is 9.09. The lowest BCUT2D eigenvalue weighted by Crippen LogP contribution is -2.58. The summed E-state index contributed by atoms with van der Waals surface area (Å²) in [5, 5.41) is 3.33. The Kier molecular flexibility index (Phi) is 4.41. The molecule has 4 rings (SSSR count). The van der Waals surface area contributed by atoms with Crippen molar-refractivity contribution < 1.29 is 19.0 Å². The molecule has 1 heterocycles. The van der Waals surface area contributed by atoms with Gasteiger partial charge in [-0.15, -0.1) is 0 Å². The van der Waals surface area contributed by atoms with Crippen LogP contribution in [0.2, 0.25) is 0 Å². The van der Waals surface area contributed by atoms with Crippen LogP contribution in [0.4, 0.5) is 0 Å². The molecule has 5 atom stereocenters. The van der Waals surface area contributed by atoms with Crippen molar-refractivity contribution in [3.8, 4) is 11.5 Å². The number of nitrogens with one attached hydrogen (secondary N) is 1. The van der Waals surface area contributed by atoms with E-state index in [1.807, 2.05) is 12.1 Å². The van der Waals surface area contributed by atoms with Crippen LogP contribution in [-0.2, 0) is 9.53 Å². The van der Waals surface area contributed by atoms with Gasteiger partial charge in [0.1, 0.15) is 0 Å². The number of fused-ring (bicyclic) bond motifs is 1. The van der Waals surface area contributed by atoms with Gasteiger partial charge >= 0.3 is 0 Å². The predicted molar refractivity (Wildman–Crippen MR) is 103 cm³/mol. The maximum Gasteiger partial charge on any atom is 0.217 e. The molecule has 5 nitrogen and oxygen atoms in total. The third-order valence-electron chi connectivity index (χ3n) is 7.59. The minimum atomic E-state index is 0.0379. The molecule has 3 fully saturated rings. The lowest BCUT2D eigenvalue weighted by molar-refractivity contribution is -0.136. The van der Waals surface area contributed by atoms with Crippen LogP contribution >= 0.6 is 0 Å². The standard InChI is InChI=1S/C22H31NO4/c1-13(24)23-20-21(2,3)15-11-16-19(27-9-8-22(16,20)12-15)14-6-7-17(25-4)18(10-14)26-5/h6-7,10,15-16,19-20H,8-9,11-12H2,1-5H3,(H,23,24)/t15-,16-,19-,20+,22-/m1/s1. The topological polar surface area (TPSA) is 56.8 Å². The van der Waals surface area contributed by atoms with Crippen molar-refractivity contribution in [2.45, 2.75) is 52.2 Å². The maximum absolute atomic E-state index is 12.0. The van der Waals surface area contributed by atoms with Crippen molar-refractivity contribution in [2.24, 2.45) is 22.7 Å². The molecule has 1 aromatic rings. The molecular formula is C22H31NO4. The third kappa shape index (κ3) is 2.65. The molecule has 1 N–H and O–H groups in total. The Morgan fingerprint density at radius 3 is 2.63 bits per heavy atom. The van der Waals surface area contributed by atoms with Gasteiger partial charge in [-0.25, -0.2) is 0 Å². The molecule has 2 aliphatic carbocycles. The molecule has 27 heavy (non-hydrogen) atoms. The summed E-state index contributed by atoms with van der Waals surface area (Å²) in [6.45, 7) is 7.02. The highest BCUT2D eigenvalue weighted by Gasteiger charge is 2.68. The zero-order chi connectivity index (χ0) is 19.4. The van der Waals surface area contributed by atoms with E-state index in [0.29, 0.717) is 11.8 Å². The zero-order valence-corrected chi connectivity index (χ0v) is 17.0. The van der Waals surface area contributed by atoms with Crippen LogP contribution in [0.5, 0.6) is 11.5 Å². The molecule has 0 radical (unpaired) electrons. The van der Waals surface area contributed by atoms with Crippen LogP contribution in [0.1, 0.15) is 51.7 Å². The number of hydrogen-bond acceptors (Lipinski definition) is 4. The molecule has 1 amide bonds. The zero-order valence-electron chi connectivity index (χ0n) is 17.0. The van der Waals surface area contributed by atoms with Crippen molar-refractivity contribution in [3.63, 3.8) is 0 Å². The smallest absolute Gasteiger partial charge is 0.217 e. The van der Waals surface area contributed by atoms with Gasteiger partial charge in [0.25, 0.3) is 0 Å². The first kappa shape index (κ1) is 18.6. The summed E-state index contributed by atoms with van der Waals surface area (Å²) in [5.74, 6) is 2.57. The van der Waals surface area contributed by atoms with Crippen LogP contribution in [-0.4, -0.2) is 32.8 Å². The first-order valence-corrected chi connectivity index (χ1v) is 9.94. The largest absolute Gasteiger partial charge is 0.493 e. The fourth-order valence-corrected chi connectivity index (χ4v) is 6.35. The van der Waals surface area contributed by atoms with E-state index in [1.165, 1.54) is 6.42 Å². The van der Waals surface area contributed by atoms with Gasteiger partial charge in [0.05, 0.1) is 20.3 Å². The fraction of sp³-hybridized carbons (Fsp3) is 0.682. The molecule has 2 bridgehead atoms. The van der Waals surface area contributed by atoms with E-state index < -0.39 is 0 Å². The Morgan fingerprint density at radius 1 is 1.22 bits per heavy atom. The van der Waals surface area contributed by atoms with Gasteiger partial charge in [-0.1, -0.05) is 19.9 Å². The lowest BCUT2D eigenvalue weighted by atomic mass is 9.59. The predicted octanol–water partition coefficient (Wildman–Crippen LogP) is 3.72. The highest BCUT2D eigenvalue weighted by Crippen LogP contribution is 2.70. The van der Waals surface area contributed by atoms with E-state index in [9.17, 15) is 4.79 Å². The summed E-state index contributed by atoms with van der Waals surface area (Å²) in [4.78, 5) is 12.0. The Bertz CT molecular complexity index is 746. The molecule has 0 unspecified atom stereocenters. The van der Waals surface area contributed by atoms with Gasteiger partial charge < -0.3 is 19.5 Å². The summed E-state index contributed by atoms with van der Waals surface area (Å²) in [6.07, 6.45) is 3.40. The number of carbonyl (C=O) groups is 1. The summed E-state index contributed by atoms with van der Waals surface area (Å²) in [6, 6.07) is 6.31. The van der Waals surface area contributed by atoms with Crippen molar-refractivity contribution in [1.29, 1.82) is 0 Å². The summed E-state index contributed by atoms with van der Waals surface area (Å²) >= 11 is 0. The number of ether oxygens (including phenoxy) is 3. The highest BCUT2D eigenvalue weighted by atomic mass is 16.5. The Morgan fingerprint density at radius 2 is 1.96 bits per heavy atom. The molecular weight excluding hydrogens is 342 g/mol. The minimum Gasteiger partial charge on any atom is -0.493 e. The fourth-order valence-electron chi connectivity index (χ4n) is 6.35. The van der Waals surface area contributed by atoms with E-state index in [4.69, 9.17) is 14.2 Å². The van der Waals surface area contributed by atoms with Crippen LogP contribution in [0.3, 0.4) is 0 Å². The monoisotopic (exact) mass is 373 g/mol. The Balaban J connectivity index is 1.70. The van der Waals surface area contributed by atoms with Crippen molar-refractivity contribution >= 4 is 5.91 Å². The molecule has 1 aliphatic heterocycles. The first-order valence-electron chi connectivity index (χ1n) is 9.94. The molecule has 1 spiro atoms. The summed E-state index contributed by atoms with van der Waals surface area (Å²) in [7, 11) is 3.32. The molecule has 0 aromatic heterocycles. The Labute approximate surface area is 161 Å². The van der Waals surface area contributed by atoms with Gasteiger partial charge in [0.2, 0.25) is 5.91 Å². The number of amides is 1. The maximum atomic E-state index is 12.0. The third-order valence-corrected chi connectivity index (χ3v) is 7.59. The average molecular weight is 373 g/mol. The van der Waals surface area contributed by atoms with E-state index in [1.54, 1.807) is 21.1 Å². The summed E-state index contributed by atoms with van der Waals surface area (Å²) in [5.41, 5.74) is 1.39. The van der Waals surface area contributed by atoms with Crippen LogP contribution in [0, 0.1) is 22.7 Å². The van der Waals surface area contributed by atoms with Gasteiger partial charge in [0.15, 0.2) is 11.5 Å². The van der Waals surface area contributed by atoms with Gasteiger partial charge in [-0.05, 0) is 59.6 Å². The van der Waals surface area contributed by atoms with Gasteiger partial charge in [-0.2, -0.15) is 0 Å². The molecule has 2 saturated carbocycles. The molecule has 148 valence electrons. The van der Waals surface area contributed by atoms with E-state index in [-0.39, 0.29) is 28.9 Å². The number of benzene rings is 1. The molecule has 1 saturated heterocycles. The van der Waals surface area contributed by atoms with Gasteiger partial charge in [0, 0.05) is 19.6 Å². The number of methoxy groups -OCH3 is 2. The van der Waals surface area contributed by atoms with Crippen LogP contribution in [0.25, 0.3) is 0 Å². The van der Waals surface area contributed by atoms with E-state index in [2.05, 4.69) is 25.2 Å². The van der Waals surface area contributed by atoms with E-state index in [0.717, 1.165) is 36.5 Å². The number of hydrogen-bond donors (Lipinski definition) is 1. The normalized spacial score (nSPS) is 36.2. The van der Waals surface area contributed by atoms with Gasteiger partial charge in [-0.3, -0.25) is 4.79 Å². The molecule has 3 aliphatic rings. The van der Waals surface area contributed by atoms with Crippen LogP contribution < -0.4 is 14.8 Å². The van der Waals surface area contributed by atoms with Crippen molar-refractivity contribution in [2.75, 3.05) is 20.8 Å². The number of carbonyl (C=O) groups excluding carboxylic acids is 1. The quantitative estimate of drug-likeness (QED) is 0.874. The van der Waals surface area contributed by atoms with E-state index >= 15 is 0 Å². The average Bonchev–Trinajstić information content (AvgIpc) is 3.13. The second kappa shape index (κ2) is 6.40. The minimum absolute atomic E-state index is 0.0379. The lowest BCUT2D eigenvalue weighted by Gasteiger charge is -2.53. The van der Waals surface area contributed by atoms with Crippen molar-refractivity contribution in [1.82, 2.24) is 5.32 Å². The highest BCUT2D eigenvalue weighted by molar-refractivity contribution is 5.73. The Hall–Kier alpha value is -1.75. The van der Waals surface area contributed by atoms with Crippen molar-refractivity contribution in [3.05, 3.63) is 23.8 Å². The molecule has 5 heteroatoms.